The second kappa shape index (κ2) is 9.95. The number of hydrogen-bond acceptors (Lipinski definition) is 4. The quantitative estimate of drug-likeness (QED) is 0.347. The molecule has 2 aromatic rings. The highest BCUT2D eigenvalue weighted by Gasteiger charge is 2.02. The molecule has 0 spiro atoms. The van der Waals surface area contributed by atoms with E-state index in [0.717, 1.165) is 12.0 Å². The van der Waals surface area contributed by atoms with Gasteiger partial charge >= 0.3 is 0 Å². The molecule has 0 amide bonds. The van der Waals surface area contributed by atoms with E-state index in [1.807, 2.05) is 24.3 Å². The number of benzene rings is 1. The molecule has 0 fully saturated rings. The van der Waals surface area contributed by atoms with Crippen molar-refractivity contribution < 1.29 is 9.78 Å². The van der Waals surface area contributed by atoms with Crippen molar-refractivity contribution in [2.45, 2.75) is 52.4 Å². The van der Waals surface area contributed by atoms with E-state index in [1.54, 1.807) is 12.4 Å². The molecule has 0 saturated carbocycles. The lowest BCUT2D eigenvalue weighted by Gasteiger charge is -2.05. The Balaban J connectivity index is 1.68. The van der Waals surface area contributed by atoms with Crippen LogP contribution in [0.4, 0.5) is 0 Å². The molecule has 0 aliphatic heterocycles. The van der Waals surface area contributed by atoms with Crippen molar-refractivity contribution in [1.29, 1.82) is 0 Å². The average molecular weight is 314 g/mol. The van der Waals surface area contributed by atoms with Crippen LogP contribution in [0, 0.1) is 6.92 Å². The second-order valence-corrected chi connectivity index (χ2v) is 5.78. The fourth-order valence-corrected chi connectivity index (χ4v) is 2.26. The van der Waals surface area contributed by atoms with E-state index >= 15 is 0 Å². The van der Waals surface area contributed by atoms with Crippen LogP contribution in [-0.2, 0) is 4.89 Å². The molecule has 23 heavy (non-hydrogen) atoms. The summed E-state index contributed by atoms with van der Waals surface area (Å²) in [6.07, 6.45) is 10.7. The summed E-state index contributed by atoms with van der Waals surface area (Å²) in [6, 6.07) is 8.12. The second-order valence-electron chi connectivity index (χ2n) is 5.78. The third-order valence-corrected chi connectivity index (χ3v) is 3.67. The van der Waals surface area contributed by atoms with Gasteiger partial charge in [0.15, 0.2) is 5.82 Å². The molecule has 0 bridgehead atoms. The predicted molar refractivity (Wildman–Crippen MR) is 92.2 cm³/mol. The van der Waals surface area contributed by atoms with E-state index in [4.69, 9.17) is 9.78 Å². The minimum absolute atomic E-state index is 0.534. The van der Waals surface area contributed by atoms with E-state index in [2.05, 4.69) is 23.8 Å². The van der Waals surface area contributed by atoms with E-state index < -0.39 is 0 Å². The van der Waals surface area contributed by atoms with Gasteiger partial charge in [-0.3, -0.25) is 0 Å². The Morgan fingerprint density at radius 2 is 1.52 bits per heavy atom. The van der Waals surface area contributed by atoms with Gasteiger partial charge in [0.05, 0.1) is 19.0 Å². The SMILES string of the molecule is CCCCCCCCOOc1cnc(-c2ccc(C)cc2)nc1. The largest absolute Gasteiger partial charge is 0.334 e. The monoisotopic (exact) mass is 314 g/mol. The highest BCUT2D eigenvalue weighted by atomic mass is 17.2. The molecule has 0 N–H and O–H groups in total. The molecule has 0 saturated heterocycles. The normalized spacial score (nSPS) is 10.7. The van der Waals surface area contributed by atoms with Crippen LogP contribution in [0.1, 0.15) is 51.0 Å². The Bertz CT molecular complexity index is 553. The lowest BCUT2D eigenvalue weighted by Crippen LogP contribution is -2.00. The molecule has 0 radical (unpaired) electrons. The van der Waals surface area contributed by atoms with Gasteiger partial charge in [-0.2, -0.15) is 4.89 Å². The first-order valence-electron chi connectivity index (χ1n) is 8.48. The van der Waals surface area contributed by atoms with E-state index in [-0.39, 0.29) is 0 Å². The number of nitrogens with zero attached hydrogens (tertiary/aromatic N) is 2. The highest BCUT2D eigenvalue weighted by molar-refractivity contribution is 5.55. The molecule has 1 aromatic carbocycles. The number of aromatic nitrogens is 2. The first-order valence-corrected chi connectivity index (χ1v) is 8.48. The first kappa shape index (κ1) is 17.4. The molecular formula is C19H26N2O2. The maximum Gasteiger partial charge on any atom is 0.201 e. The fourth-order valence-electron chi connectivity index (χ4n) is 2.26. The number of unbranched alkanes of at least 4 members (excludes halogenated alkanes) is 5. The topological polar surface area (TPSA) is 44.2 Å². The maximum atomic E-state index is 5.22. The molecule has 2 rings (SSSR count). The Kier molecular flexibility index (Phi) is 7.54. The number of aryl methyl sites for hydroxylation is 1. The third kappa shape index (κ3) is 6.37. The van der Waals surface area contributed by atoms with Crippen molar-refractivity contribution in [3.05, 3.63) is 42.2 Å². The van der Waals surface area contributed by atoms with Gasteiger partial charge in [0.2, 0.25) is 5.75 Å². The summed E-state index contributed by atoms with van der Waals surface area (Å²) in [4.78, 5) is 19.0. The van der Waals surface area contributed by atoms with Crippen molar-refractivity contribution >= 4 is 0 Å². The zero-order valence-electron chi connectivity index (χ0n) is 14.1. The van der Waals surface area contributed by atoms with E-state index in [9.17, 15) is 0 Å². The fraction of sp³-hybridized carbons (Fsp3) is 0.474. The van der Waals surface area contributed by atoms with E-state index in [0.29, 0.717) is 18.2 Å². The zero-order chi connectivity index (χ0) is 16.3. The summed E-state index contributed by atoms with van der Waals surface area (Å²) < 4.78 is 0. The minimum Gasteiger partial charge on any atom is -0.334 e. The van der Waals surface area contributed by atoms with Gasteiger partial charge in [-0.1, -0.05) is 68.9 Å². The maximum absolute atomic E-state index is 5.22. The summed E-state index contributed by atoms with van der Waals surface area (Å²) in [5.74, 6) is 1.22. The van der Waals surface area contributed by atoms with Gasteiger partial charge in [0.1, 0.15) is 0 Å². The van der Waals surface area contributed by atoms with Gasteiger partial charge in [0, 0.05) is 5.56 Å². The molecule has 0 aliphatic rings. The zero-order valence-corrected chi connectivity index (χ0v) is 14.1. The molecule has 124 valence electrons. The Hall–Kier alpha value is -1.94. The molecule has 0 aliphatic carbocycles. The molecular weight excluding hydrogens is 288 g/mol. The van der Waals surface area contributed by atoms with E-state index in [1.165, 1.54) is 37.7 Å². The summed E-state index contributed by atoms with van der Waals surface area (Å²) in [6.45, 7) is 4.89. The lowest BCUT2D eigenvalue weighted by molar-refractivity contribution is -0.207. The van der Waals surface area contributed by atoms with Crippen LogP contribution >= 0.6 is 0 Å². The lowest BCUT2D eigenvalue weighted by atomic mass is 10.1. The Labute approximate surface area is 138 Å². The van der Waals surface area contributed by atoms with Gasteiger partial charge in [-0.25, -0.2) is 9.97 Å². The highest BCUT2D eigenvalue weighted by Crippen LogP contribution is 2.17. The molecule has 4 nitrogen and oxygen atoms in total. The summed E-state index contributed by atoms with van der Waals surface area (Å²) in [7, 11) is 0. The molecule has 0 unspecified atom stereocenters. The first-order chi connectivity index (χ1) is 11.3. The number of hydrogen-bond donors (Lipinski definition) is 0. The summed E-state index contributed by atoms with van der Waals surface area (Å²) in [5, 5.41) is 0. The van der Waals surface area contributed by atoms with Crippen LogP contribution in [0.25, 0.3) is 11.4 Å². The average Bonchev–Trinajstić information content (AvgIpc) is 2.59. The molecule has 1 heterocycles. The minimum atomic E-state index is 0.534. The van der Waals surface area contributed by atoms with Gasteiger partial charge < -0.3 is 4.89 Å². The molecule has 0 atom stereocenters. The summed E-state index contributed by atoms with van der Waals surface area (Å²) in [5.41, 5.74) is 2.21. The van der Waals surface area contributed by atoms with Gasteiger partial charge in [0.25, 0.3) is 0 Å². The van der Waals surface area contributed by atoms with Crippen molar-refractivity contribution in [2.24, 2.45) is 0 Å². The summed E-state index contributed by atoms with van der Waals surface area (Å²) >= 11 is 0. The molecule has 1 aromatic heterocycles. The van der Waals surface area contributed by atoms with Crippen molar-refractivity contribution in [1.82, 2.24) is 9.97 Å². The Morgan fingerprint density at radius 3 is 2.22 bits per heavy atom. The standard InChI is InChI=1S/C19H26N2O2/c1-3-4-5-6-7-8-13-22-23-18-14-20-19(21-15-18)17-11-9-16(2)10-12-17/h9-12,14-15H,3-8,13H2,1-2H3. The van der Waals surface area contributed by atoms with Gasteiger partial charge in [-0.05, 0) is 13.3 Å². The molecule has 4 heteroatoms. The van der Waals surface area contributed by atoms with Crippen LogP contribution < -0.4 is 4.89 Å². The Morgan fingerprint density at radius 1 is 0.870 bits per heavy atom. The van der Waals surface area contributed by atoms with Crippen LogP contribution in [0.5, 0.6) is 5.75 Å². The smallest absolute Gasteiger partial charge is 0.201 e. The van der Waals surface area contributed by atoms with Crippen LogP contribution in [-0.4, -0.2) is 16.6 Å². The van der Waals surface area contributed by atoms with Crippen LogP contribution in [0.2, 0.25) is 0 Å². The van der Waals surface area contributed by atoms with Crippen LogP contribution in [0.3, 0.4) is 0 Å². The van der Waals surface area contributed by atoms with Crippen molar-refractivity contribution in [3.63, 3.8) is 0 Å². The van der Waals surface area contributed by atoms with Crippen LogP contribution in [0.15, 0.2) is 36.7 Å². The van der Waals surface area contributed by atoms with Gasteiger partial charge in [-0.15, -0.1) is 0 Å². The predicted octanol–water partition coefficient (Wildman–Crippen LogP) is 5.12. The third-order valence-electron chi connectivity index (χ3n) is 3.67. The van der Waals surface area contributed by atoms with Crippen molar-refractivity contribution in [3.8, 4) is 17.1 Å². The number of rotatable bonds is 10. The van der Waals surface area contributed by atoms with Crippen molar-refractivity contribution in [2.75, 3.05) is 6.61 Å².